The third-order valence-electron chi connectivity index (χ3n) is 2.10. The molecule has 15 heavy (non-hydrogen) atoms. The van der Waals surface area contributed by atoms with E-state index in [0.717, 1.165) is 16.8 Å². The zero-order chi connectivity index (χ0) is 11.3. The van der Waals surface area contributed by atoms with Gasteiger partial charge < -0.3 is 15.4 Å². The number of methoxy groups -OCH3 is 1. The molecule has 0 aromatic heterocycles. The highest BCUT2D eigenvalue weighted by molar-refractivity contribution is 5.90. The Hall–Kier alpha value is -1.55. The molecule has 0 atom stereocenters. The maximum atomic E-state index is 11.4. The summed E-state index contributed by atoms with van der Waals surface area (Å²) in [5.41, 5.74) is 2.94. The van der Waals surface area contributed by atoms with E-state index in [1.807, 2.05) is 32.0 Å². The highest BCUT2D eigenvalue weighted by Crippen LogP contribution is 2.18. The van der Waals surface area contributed by atoms with Crippen molar-refractivity contribution in [3.63, 3.8) is 0 Å². The average molecular weight is 208 g/mol. The third-order valence-corrected chi connectivity index (χ3v) is 2.10. The van der Waals surface area contributed by atoms with Crippen molar-refractivity contribution in [3.05, 3.63) is 29.3 Å². The van der Waals surface area contributed by atoms with E-state index in [0.29, 0.717) is 0 Å². The largest absolute Gasteiger partial charge is 0.364 e. The number of para-hydroxylation sites is 1. The molecule has 82 valence electrons. The zero-order valence-electron chi connectivity index (χ0n) is 9.26. The van der Waals surface area contributed by atoms with Gasteiger partial charge in [-0.15, -0.1) is 0 Å². The maximum absolute atomic E-state index is 11.4. The van der Waals surface area contributed by atoms with Gasteiger partial charge in [0.25, 0.3) is 0 Å². The van der Waals surface area contributed by atoms with E-state index in [-0.39, 0.29) is 12.8 Å². The van der Waals surface area contributed by atoms with Crippen LogP contribution in [0.5, 0.6) is 0 Å². The van der Waals surface area contributed by atoms with E-state index in [9.17, 15) is 4.79 Å². The molecule has 0 saturated heterocycles. The van der Waals surface area contributed by atoms with E-state index in [2.05, 4.69) is 10.6 Å². The van der Waals surface area contributed by atoms with Crippen molar-refractivity contribution >= 4 is 11.7 Å². The lowest BCUT2D eigenvalue weighted by molar-refractivity contribution is 0.177. The lowest BCUT2D eigenvalue weighted by Crippen LogP contribution is -2.30. The van der Waals surface area contributed by atoms with Gasteiger partial charge in [0.05, 0.1) is 0 Å². The van der Waals surface area contributed by atoms with Gasteiger partial charge in [0.15, 0.2) is 0 Å². The number of hydrogen-bond donors (Lipinski definition) is 2. The van der Waals surface area contributed by atoms with Crippen molar-refractivity contribution < 1.29 is 9.53 Å². The van der Waals surface area contributed by atoms with Gasteiger partial charge in [0.2, 0.25) is 0 Å². The molecule has 0 heterocycles. The number of urea groups is 1. The number of amides is 2. The third kappa shape index (κ3) is 3.25. The molecule has 1 aromatic carbocycles. The summed E-state index contributed by atoms with van der Waals surface area (Å²) in [5.74, 6) is 0. The minimum Gasteiger partial charge on any atom is -0.364 e. The molecule has 0 fully saturated rings. The summed E-state index contributed by atoms with van der Waals surface area (Å²) in [6.07, 6.45) is 0. The van der Waals surface area contributed by atoms with Gasteiger partial charge in [-0.05, 0) is 25.0 Å². The molecule has 1 rings (SSSR count). The first-order valence-electron chi connectivity index (χ1n) is 4.75. The van der Waals surface area contributed by atoms with E-state index < -0.39 is 0 Å². The number of ether oxygens (including phenoxy) is 1. The minimum absolute atomic E-state index is 0.205. The Balaban J connectivity index is 2.68. The van der Waals surface area contributed by atoms with Gasteiger partial charge in [-0.3, -0.25) is 0 Å². The molecule has 0 unspecified atom stereocenters. The standard InChI is InChI=1S/C11H16N2O2/c1-8-5-4-6-9(2)10(8)13-11(14)12-7-15-3/h4-6H,7H2,1-3H3,(H2,12,13,14). The van der Waals surface area contributed by atoms with Crippen molar-refractivity contribution in [2.24, 2.45) is 0 Å². The molecule has 2 N–H and O–H groups in total. The van der Waals surface area contributed by atoms with E-state index >= 15 is 0 Å². The molecule has 0 aliphatic carbocycles. The minimum atomic E-state index is -0.255. The number of aryl methyl sites for hydroxylation is 2. The van der Waals surface area contributed by atoms with Crippen molar-refractivity contribution in [1.82, 2.24) is 5.32 Å². The quantitative estimate of drug-likeness (QED) is 0.747. The molecule has 1 aromatic rings. The fourth-order valence-electron chi connectivity index (χ4n) is 1.31. The van der Waals surface area contributed by atoms with Crippen molar-refractivity contribution in [3.8, 4) is 0 Å². The van der Waals surface area contributed by atoms with Crippen molar-refractivity contribution in [2.45, 2.75) is 13.8 Å². The Morgan fingerprint density at radius 3 is 2.47 bits per heavy atom. The Morgan fingerprint density at radius 2 is 1.93 bits per heavy atom. The molecule has 2 amide bonds. The normalized spacial score (nSPS) is 9.80. The fourth-order valence-corrected chi connectivity index (χ4v) is 1.31. The summed E-state index contributed by atoms with van der Waals surface area (Å²) < 4.78 is 4.74. The SMILES string of the molecule is COCNC(=O)Nc1c(C)cccc1C. The number of nitrogens with one attached hydrogen (secondary N) is 2. The first-order chi connectivity index (χ1) is 7.15. The van der Waals surface area contributed by atoms with Crippen LogP contribution in [-0.2, 0) is 4.74 Å². The number of benzene rings is 1. The second kappa shape index (κ2) is 5.36. The summed E-state index contributed by atoms with van der Waals surface area (Å²) in [7, 11) is 1.53. The number of carbonyl (C=O) groups excluding carboxylic acids is 1. The maximum Gasteiger partial charge on any atom is 0.321 e. The predicted molar refractivity (Wildman–Crippen MR) is 59.9 cm³/mol. The topological polar surface area (TPSA) is 50.4 Å². The van der Waals surface area contributed by atoms with Crippen LogP contribution in [0.25, 0.3) is 0 Å². The Morgan fingerprint density at radius 1 is 1.33 bits per heavy atom. The second-order valence-corrected chi connectivity index (χ2v) is 3.33. The highest BCUT2D eigenvalue weighted by atomic mass is 16.5. The van der Waals surface area contributed by atoms with Crippen LogP contribution in [0.3, 0.4) is 0 Å². The Bertz CT molecular complexity index is 330. The zero-order valence-corrected chi connectivity index (χ0v) is 9.26. The van der Waals surface area contributed by atoms with Gasteiger partial charge in [-0.25, -0.2) is 4.79 Å². The second-order valence-electron chi connectivity index (χ2n) is 3.33. The predicted octanol–water partition coefficient (Wildman–Crippen LogP) is 2.03. The van der Waals surface area contributed by atoms with E-state index in [1.54, 1.807) is 0 Å². The van der Waals surface area contributed by atoms with Crippen LogP contribution < -0.4 is 10.6 Å². The number of anilines is 1. The summed E-state index contributed by atoms with van der Waals surface area (Å²) in [6.45, 7) is 4.12. The van der Waals surface area contributed by atoms with Crippen LogP contribution in [0, 0.1) is 13.8 Å². The molecule has 4 heteroatoms. The van der Waals surface area contributed by atoms with Gasteiger partial charge in [-0.2, -0.15) is 0 Å². The molecule has 0 bridgehead atoms. The summed E-state index contributed by atoms with van der Waals surface area (Å²) >= 11 is 0. The van der Waals surface area contributed by atoms with Gasteiger partial charge in [0, 0.05) is 12.8 Å². The van der Waals surface area contributed by atoms with Gasteiger partial charge >= 0.3 is 6.03 Å². The molecular formula is C11H16N2O2. The smallest absolute Gasteiger partial charge is 0.321 e. The molecule has 0 saturated carbocycles. The van der Waals surface area contributed by atoms with E-state index in [4.69, 9.17) is 4.74 Å². The van der Waals surface area contributed by atoms with Crippen LogP contribution in [0.2, 0.25) is 0 Å². The summed E-state index contributed by atoms with van der Waals surface area (Å²) in [5, 5.41) is 5.35. The van der Waals surface area contributed by atoms with E-state index in [1.165, 1.54) is 7.11 Å². The average Bonchev–Trinajstić information content (AvgIpc) is 2.21. The molecular weight excluding hydrogens is 192 g/mol. The Kier molecular flexibility index (Phi) is 4.12. The molecule has 0 aliphatic heterocycles. The van der Waals surface area contributed by atoms with Crippen LogP contribution in [-0.4, -0.2) is 19.9 Å². The van der Waals surface area contributed by atoms with Crippen molar-refractivity contribution in [2.75, 3.05) is 19.2 Å². The summed E-state index contributed by atoms with van der Waals surface area (Å²) in [6, 6.07) is 5.62. The Labute approximate surface area is 89.6 Å². The summed E-state index contributed by atoms with van der Waals surface area (Å²) in [4.78, 5) is 11.4. The number of carbonyl (C=O) groups is 1. The van der Waals surface area contributed by atoms with Crippen LogP contribution in [0.4, 0.5) is 10.5 Å². The first-order valence-corrected chi connectivity index (χ1v) is 4.75. The molecule has 0 spiro atoms. The fraction of sp³-hybridized carbons (Fsp3) is 0.364. The number of hydrogen-bond acceptors (Lipinski definition) is 2. The lowest BCUT2D eigenvalue weighted by Gasteiger charge is -2.11. The van der Waals surface area contributed by atoms with Gasteiger partial charge in [0.1, 0.15) is 6.73 Å². The monoisotopic (exact) mass is 208 g/mol. The lowest BCUT2D eigenvalue weighted by atomic mass is 10.1. The number of rotatable bonds is 3. The first kappa shape index (κ1) is 11.5. The van der Waals surface area contributed by atoms with Crippen LogP contribution in [0.15, 0.2) is 18.2 Å². The van der Waals surface area contributed by atoms with Gasteiger partial charge in [-0.1, -0.05) is 18.2 Å². The highest BCUT2D eigenvalue weighted by Gasteiger charge is 2.05. The van der Waals surface area contributed by atoms with Crippen LogP contribution >= 0.6 is 0 Å². The molecule has 4 nitrogen and oxygen atoms in total. The van der Waals surface area contributed by atoms with Crippen molar-refractivity contribution in [1.29, 1.82) is 0 Å². The van der Waals surface area contributed by atoms with Crippen LogP contribution in [0.1, 0.15) is 11.1 Å². The molecule has 0 aliphatic rings. The molecule has 0 radical (unpaired) electrons.